The van der Waals surface area contributed by atoms with Gasteiger partial charge in [0.1, 0.15) is 11.1 Å². The number of carbonyl (C=O) groups excluding carboxylic acids is 1. The predicted octanol–water partition coefficient (Wildman–Crippen LogP) is 2.17. The summed E-state index contributed by atoms with van der Waals surface area (Å²) in [5.74, 6) is -0.917. The van der Waals surface area contributed by atoms with Gasteiger partial charge >= 0.3 is 0 Å². The summed E-state index contributed by atoms with van der Waals surface area (Å²) in [5, 5.41) is 1.52. The molecule has 0 aliphatic carbocycles. The van der Waals surface area contributed by atoms with Crippen LogP contribution in [-0.4, -0.2) is 25.3 Å². The quantitative estimate of drug-likeness (QED) is 0.894. The van der Waals surface area contributed by atoms with Gasteiger partial charge in [0.2, 0.25) is 5.91 Å². The zero-order valence-corrected chi connectivity index (χ0v) is 13.1. The van der Waals surface area contributed by atoms with Crippen molar-refractivity contribution in [1.82, 2.24) is 5.32 Å². The molecule has 1 saturated heterocycles. The monoisotopic (exact) mass is 363 g/mol. The van der Waals surface area contributed by atoms with Crippen LogP contribution in [0.15, 0.2) is 22.7 Å². The van der Waals surface area contributed by atoms with Gasteiger partial charge in [-0.1, -0.05) is 22.4 Å². The Hall–Kier alpha value is -0.950. The molecule has 1 aliphatic rings. The van der Waals surface area contributed by atoms with E-state index in [9.17, 15) is 17.6 Å². The van der Waals surface area contributed by atoms with Crippen molar-refractivity contribution in [3.8, 4) is 0 Å². The Morgan fingerprint density at radius 2 is 2.15 bits per heavy atom. The number of rotatable bonds is 3. The van der Waals surface area contributed by atoms with E-state index in [0.29, 0.717) is 22.9 Å². The molecule has 110 valence electrons. The molecule has 7 heteroatoms. The maximum atomic E-state index is 13.5. The van der Waals surface area contributed by atoms with Crippen molar-refractivity contribution >= 4 is 31.7 Å². The molecular weight excluding hydrogens is 349 g/mol. The van der Waals surface area contributed by atoms with Gasteiger partial charge in [-0.2, -0.15) is 0 Å². The van der Waals surface area contributed by atoms with E-state index in [1.165, 1.54) is 6.07 Å². The van der Waals surface area contributed by atoms with Crippen molar-refractivity contribution in [2.24, 2.45) is 0 Å². The molecule has 0 saturated carbocycles. The third kappa shape index (κ3) is 3.58. The number of hydrogen-bond acceptors (Lipinski definition) is 3. The highest BCUT2D eigenvalue weighted by atomic mass is 79.9. The number of halogens is 2. The predicted molar refractivity (Wildman–Crippen MR) is 77.4 cm³/mol. The van der Waals surface area contributed by atoms with Gasteiger partial charge in [0.25, 0.3) is 0 Å². The molecule has 1 heterocycles. The average molecular weight is 364 g/mol. The third-order valence-electron chi connectivity index (χ3n) is 3.33. The molecular formula is C13H15BrFNO3S. The lowest BCUT2D eigenvalue weighted by Crippen LogP contribution is -2.42. The molecule has 20 heavy (non-hydrogen) atoms. The fraction of sp³-hybridized carbons (Fsp3) is 0.462. The van der Waals surface area contributed by atoms with E-state index >= 15 is 0 Å². The van der Waals surface area contributed by atoms with Gasteiger partial charge in [-0.25, -0.2) is 12.8 Å². The number of sulfone groups is 1. The van der Waals surface area contributed by atoms with Gasteiger partial charge in [-0.05, 0) is 31.0 Å². The zero-order chi connectivity index (χ0) is 14.8. The SMILES string of the molecule is O=C(NCc1cc(Br)ccc1F)C1CCCCS1(=O)=O. The Morgan fingerprint density at radius 1 is 1.40 bits per heavy atom. The van der Waals surface area contributed by atoms with E-state index in [1.54, 1.807) is 12.1 Å². The number of carbonyl (C=O) groups is 1. The van der Waals surface area contributed by atoms with E-state index in [0.717, 1.165) is 6.42 Å². The van der Waals surface area contributed by atoms with Gasteiger partial charge in [0.15, 0.2) is 9.84 Å². The van der Waals surface area contributed by atoms with Crippen LogP contribution in [0.4, 0.5) is 4.39 Å². The summed E-state index contributed by atoms with van der Waals surface area (Å²) in [4.78, 5) is 12.0. The fourth-order valence-electron chi connectivity index (χ4n) is 2.22. The first-order valence-corrected chi connectivity index (χ1v) is 8.84. The van der Waals surface area contributed by atoms with Crippen molar-refractivity contribution in [2.75, 3.05) is 5.75 Å². The first kappa shape index (κ1) is 15.4. The van der Waals surface area contributed by atoms with Gasteiger partial charge in [0, 0.05) is 16.6 Å². The highest BCUT2D eigenvalue weighted by Crippen LogP contribution is 2.20. The number of nitrogens with one attached hydrogen (secondary N) is 1. The standard InChI is InChI=1S/C13H15BrFNO3S/c14-10-4-5-11(15)9(7-10)8-16-13(17)12-3-1-2-6-20(12,18)19/h4-5,7,12H,1-3,6,8H2,(H,16,17). The Balaban J connectivity index is 2.03. The fourth-order valence-corrected chi connectivity index (χ4v) is 4.46. The molecule has 1 aromatic rings. The van der Waals surface area contributed by atoms with Crippen molar-refractivity contribution in [1.29, 1.82) is 0 Å². The lowest BCUT2D eigenvalue weighted by Gasteiger charge is -2.21. The molecule has 0 radical (unpaired) electrons. The highest BCUT2D eigenvalue weighted by Gasteiger charge is 2.34. The highest BCUT2D eigenvalue weighted by molar-refractivity contribution is 9.10. The van der Waals surface area contributed by atoms with Crippen LogP contribution in [0.1, 0.15) is 24.8 Å². The Labute approximate surface area is 125 Å². The molecule has 4 nitrogen and oxygen atoms in total. The average Bonchev–Trinajstić information content (AvgIpc) is 2.39. The summed E-state index contributed by atoms with van der Waals surface area (Å²) < 4.78 is 37.9. The summed E-state index contributed by atoms with van der Waals surface area (Å²) in [7, 11) is -3.36. The molecule has 2 rings (SSSR count). The molecule has 1 aliphatic heterocycles. The van der Waals surface area contributed by atoms with Crippen LogP contribution >= 0.6 is 15.9 Å². The van der Waals surface area contributed by atoms with Crippen molar-refractivity contribution in [3.05, 3.63) is 34.1 Å². The van der Waals surface area contributed by atoms with Crippen LogP contribution < -0.4 is 5.32 Å². The van der Waals surface area contributed by atoms with Crippen LogP contribution in [0, 0.1) is 5.82 Å². The summed E-state index contributed by atoms with van der Waals surface area (Å²) in [6.07, 6.45) is 1.67. The molecule has 1 atom stereocenters. The Bertz CT molecular complexity index is 618. The number of hydrogen-bond donors (Lipinski definition) is 1. The van der Waals surface area contributed by atoms with E-state index < -0.39 is 26.8 Å². The minimum absolute atomic E-state index is 0.0177. The van der Waals surface area contributed by atoms with Gasteiger partial charge in [-0.3, -0.25) is 4.79 Å². The summed E-state index contributed by atoms with van der Waals surface area (Å²) in [6.45, 7) is -0.0177. The lowest BCUT2D eigenvalue weighted by molar-refractivity contribution is -0.121. The molecule has 1 unspecified atom stereocenters. The van der Waals surface area contributed by atoms with Crippen LogP contribution in [0.3, 0.4) is 0 Å². The van der Waals surface area contributed by atoms with E-state index in [4.69, 9.17) is 0 Å². The lowest BCUT2D eigenvalue weighted by atomic mass is 10.1. The van der Waals surface area contributed by atoms with E-state index in [2.05, 4.69) is 21.2 Å². The molecule has 0 aromatic heterocycles. The maximum absolute atomic E-state index is 13.5. The molecule has 0 bridgehead atoms. The normalized spacial score (nSPS) is 21.4. The topological polar surface area (TPSA) is 63.2 Å². The maximum Gasteiger partial charge on any atom is 0.238 e. The van der Waals surface area contributed by atoms with Gasteiger partial charge in [-0.15, -0.1) is 0 Å². The molecule has 1 fully saturated rings. The zero-order valence-electron chi connectivity index (χ0n) is 10.7. The molecule has 1 N–H and O–H groups in total. The van der Waals surface area contributed by atoms with Gasteiger partial charge in [0.05, 0.1) is 5.75 Å². The molecule has 1 aromatic carbocycles. The molecule has 1 amide bonds. The minimum atomic E-state index is -3.36. The first-order valence-electron chi connectivity index (χ1n) is 6.33. The Morgan fingerprint density at radius 3 is 2.85 bits per heavy atom. The number of benzene rings is 1. The van der Waals surface area contributed by atoms with Crippen molar-refractivity contribution in [2.45, 2.75) is 31.1 Å². The summed E-state index contributed by atoms with van der Waals surface area (Å²) >= 11 is 3.22. The van der Waals surface area contributed by atoms with Crippen LogP contribution in [0.5, 0.6) is 0 Å². The van der Waals surface area contributed by atoms with E-state index in [1.807, 2.05) is 0 Å². The Kier molecular flexibility index (Phi) is 4.80. The second kappa shape index (κ2) is 6.22. The smallest absolute Gasteiger partial charge is 0.238 e. The van der Waals surface area contributed by atoms with Crippen molar-refractivity contribution in [3.63, 3.8) is 0 Å². The van der Waals surface area contributed by atoms with Crippen LogP contribution in [0.25, 0.3) is 0 Å². The third-order valence-corrected chi connectivity index (χ3v) is 6.00. The van der Waals surface area contributed by atoms with E-state index in [-0.39, 0.29) is 12.3 Å². The molecule has 0 spiro atoms. The van der Waals surface area contributed by atoms with Gasteiger partial charge < -0.3 is 5.32 Å². The summed E-state index contributed by atoms with van der Waals surface area (Å²) in [5.41, 5.74) is 0.320. The largest absolute Gasteiger partial charge is 0.351 e. The van der Waals surface area contributed by atoms with Crippen molar-refractivity contribution < 1.29 is 17.6 Å². The second-order valence-corrected chi connectivity index (χ2v) is 8.02. The second-order valence-electron chi connectivity index (χ2n) is 4.80. The van der Waals surface area contributed by atoms with Crippen LogP contribution in [0.2, 0.25) is 0 Å². The minimum Gasteiger partial charge on any atom is -0.351 e. The first-order chi connectivity index (χ1) is 9.40. The number of amides is 1. The summed E-state index contributed by atoms with van der Waals surface area (Å²) in [6, 6.07) is 4.42. The van der Waals surface area contributed by atoms with Crippen LogP contribution in [-0.2, 0) is 21.2 Å².